The van der Waals surface area contributed by atoms with E-state index in [2.05, 4.69) is 5.32 Å². The highest BCUT2D eigenvalue weighted by atomic mass is 16.6. The molecular formula is C12H22N2O4. The number of amides is 1. The monoisotopic (exact) mass is 258 g/mol. The molecule has 0 aromatic rings. The molecule has 0 aromatic carbocycles. The zero-order valence-corrected chi connectivity index (χ0v) is 11.2. The Hall–Kier alpha value is -1.30. The second kappa shape index (κ2) is 6.04. The van der Waals surface area contributed by atoms with Gasteiger partial charge in [-0.05, 0) is 27.2 Å². The van der Waals surface area contributed by atoms with Crippen LogP contribution in [0.4, 0.5) is 4.79 Å². The molecule has 1 heterocycles. The van der Waals surface area contributed by atoms with Gasteiger partial charge in [0.2, 0.25) is 0 Å². The minimum absolute atomic E-state index is 0.0497. The van der Waals surface area contributed by atoms with Gasteiger partial charge in [-0.1, -0.05) is 0 Å². The fourth-order valence-electron chi connectivity index (χ4n) is 1.88. The van der Waals surface area contributed by atoms with Gasteiger partial charge >= 0.3 is 12.1 Å². The molecule has 1 rings (SSSR count). The quantitative estimate of drug-likeness (QED) is 0.788. The van der Waals surface area contributed by atoms with Gasteiger partial charge in [-0.25, -0.2) is 4.79 Å². The van der Waals surface area contributed by atoms with E-state index >= 15 is 0 Å². The van der Waals surface area contributed by atoms with Crippen LogP contribution in [0.25, 0.3) is 0 Å². The molecule has 18 heavy (non-hydrogen) atoms. The van der Waals surface area contributed by atoms with E-state index in [1.807, 2.05) is 25.7 Å². The highest BCUT2D eigenvalue weighted by molar-refractivity contribution is 5.68. The van der Waals surface area contributed by atoms with Crippen molar-refractivity contribution in [1.29, 1.82) is 0 Å². The molecule has 1 atom stereocenters. The summed E-state index contributed by atoms with van der Waals surface area (Å²) >= 11 is 0. The number of carboxylic acids is 1. The Bertz CT molecular complexity index is 312. The van der Waals surface area contributed by atoms with Gasteiger partial charge in [-0.2, -0.15) is 0 Å². The Morgan fingerprint density at radius 2 is 2.11 bits per heavy atom. The Morgan fingerprint density at radius 1 is 1.44 bits per heavy atom. The molecule has 6 nitrogen and oxygen atoms in total. The zero-order chi connectivity index (χ0) is 13.8. The third-order valence-electron chi connectivity index (χ3n) is 2.64. The summed E-state index contributed by atoms with van der Waals surface area (Å²) in [5, 5.41) is 11.4. The smallest absolute Gasteiger partial charge is 0.407 e. The van der Waals surface area contributed by atoms with E-state index < -0.39 is 17.7 Å². The minimum atomic E-state index is -0.793. The molecule has 2 N–H and O–H groups in total. The summed E-state index contributed by atoms with van der Waals surface area (Å²) in [6, 6.07) is 0.0497. The van der Waals surface area contributed by atoms with Crippen LogP contribution in [-0.4, -0.2) is 53.3 Å². The van der Waals surface area contributed by atoms with Gasteiger partial charge in [0.1, 0.15) is 5.60 Å². The summed E-state index contributed by atoms with van der Waals surface area (Å²) in [5.74, 6) is -0.793. The van der Waals surface area contributed by atoms with Crippen LogP contribution in [0.5, 0.6) is 0 Å². The lowest BCUT2D eigenvalue weighted by Gasteiger charge is -2.22. The number of hydrogen-bond donors (Lipinski definition) is 2. The molecule has 1 saturated heterocycles. The highest BCUT2D eigenvalue weighted by Gasteiger charge is 2.26. The van der Waals surface area contributed by atoms with E-state index in [0.29, 0.717) is 13.1 Å². The van der Waals surface area contributed by atoms with Crippen LogP contribution in [0.1, 0.15) is 33.6 Å². The SMILES string of the molecule is CC(C)(C)OC(=O)NC1CCN(CCC(=O)O)C1. The summed E-state index contributed by atoms with van der Waals surface area (Å²) in [6.07, 6.45) is 0.561. The molecule has 0 radical (unpaired) electrons. The lowest BCUT2D eigenvalue weighted by Crippen LogP contribution is -2.40. The standard InChI is InChI=1S/C12H22N2O4/c1-12(2,3)18-11(17)13-9-4-6-14(8-9)7-5-10(15)16/h9H,4-8H2,1-3H3,(H,13,17)(H,15,16). The van der Waals surface area contributed by atoms with E-state index in [-0.39, 0.29) is 12.5 Å². The predicted molar refractivity (Wildman–Crippen MR) is 66.5 cm³/mol. The largest absolute Gasteiger partial charge is 0.481 e. The highest BCUT2D eigenvalue weighted by Crippen LogP contribution is 2.11. The van der Waals surface area contributed by atoms with Gasteiger partial charge in [0.15, 0.2) is 0 Å². The molecule has 0 aromatic heterocycles. The first-order valence-corrected chi connectivity index (χ1v) is 6.20. The fraction of sp³-hybridized carbons (Fsp3) is 0.833. The third kappa shape index (κ3) is 5.86. The van der Waals surface area contributed by atoms with Crippen molar-refractivity contribution in [3.8, 4) is 0 Å². The fourth-order valence-corrected chi connectivity index (χ4v) is 1.88. The molecule has 0 spiro atoms. The van der Waals surface area contributed by atoms with Crippen molar-refractivity contribution in [2.24, 2.45) is 0 Å². The number of carboxylic acid groups (broad SMARTS) is 1. The van der Waals surface area contributed by atoms with Crippen LogP contribution in [0.2, 0.25) is 0 Å². The first-order valence-electron chi connectivity index (χ1n) is 6.20. The van der Waals surface area contributed by atoms with Crippen molar-refractivity contribution in [3.05, 3.63) is 0 Å². The second-order valence-electron chi connectivity index (χ2n) is 5.58. The molecular weight excluding hydrogens is 236 g/mol. The lowest BCUT2D eigenvalue weighted by atomic mass is 10.2. The van der Waals surface area contributed by atoms with Crippen molar-refractivity contribution in [2.45, 2.75) is 45.3 Å². The van der Waals surface area contributed by atoms with Crippen molar-refractivity contribution in [3.63, 3.8) is 0 Å². The number of rotatable bonds is 4. The average molecular weight is 258 g/mol. The molecule has 1 unspecified atom stereocenters. The summed E-state index contributed by atoms with van der Waals surface area (Å²) in [7, 11) is 0. The molecule has 0 aliphatic carbocycles. The van der Waals surface area contributed by atoms with Crippen LogP contribution in [-0.2, 0) is 9.53 Å². The lowest BCUT2D eigenvalue weighted by molar-refractivity contribution is -0.137. The maximum absolute atomic E-state index is 11.5. The summed E-state index contributed by atoms with van der Waals surface area (Å²) in [5.41, 5.74) is -0.494. The van der Waals surface area contributed by atoms with Crippen LogP contribution in [0, 0.1) is 0 Å². The number of nitrogens with zero attached hydrogens (tertiary/aromatic N) is 1. The number of carbonyl (C=O) groups is 2. The molecule has 1 aliphatic rings. The maximum atomic E-state index is 11.5. The van der Waals surface area contributed by atoms with Gasteiger partial charge < -0.3 is 20.1 Å². The maximum Gasteiger partial charge on any atom is 0.407 e. The van der Waals surface area contributed by atoms with Crippen LogP contribution in [0.15, 0.2) is 0 Å². The zero-order valence-electron chi connectivity index (χ0n) is 11.2. The van der Waals surface area contributed by atoms with E-state index in [0.717, 1.165) is 13.0 Å². The van der Waals surface area contributed by atoms with E-state index in [1.54, 1.807) is 0 Å². The normalized spacial score (nSPS) is 20.7. The molecule has 0 saturated carbocycles. The van der Waals surface area contributed by atoms with Gasteiger partial charge in [-0.3, -0.25) is 4.79 Å². The Kier molecular flexibility index (Phi) is 4.95. The van der Waals surface area contributed by atoms with Gasteiger partial charge in [0.05, 0.1) is 6.42 Å². The Labute approximate surface area is 107 Å². The number of aliphatic carboxylic acids is 1. The Morgan fingerprint density at radius 3 is 2.67 bits per heavy atom. The van der Waals surface area contributed by atoms with Crippen LogP contribution in [0.3, 0.4) is 0 Å². The van der Waals surface area contributed by atoms with Crippen molar-refractivity contribution < 1.29 is 19.4 Å². The van der Waals surface area contributed by atoms with Crippen molar-refractivity contribution >= 4 is 12.1 Å². The van der Waals surface area contributed by atoms with Crippen molar-refractivity contribution in [1.82, 2.24) is 10.2 Å². The summed E-state index contributed by atoms with van der Waals surface area (Å²) in [4.78, 5) is 24.0. The Balaban J connectivity index is 2.26. The number of nitrogens with one attached hydrogen (secondary N) is 1. The molecule has 1 amide bonds. The molecule has 104 valence electrons. The van der Waals surface area contributed by atoms with E-state index in [1.165, 1.54) is 0 Å². The van der Waals surface area contributed by atoms with Gasteiger partial charge in [0.25, 0.3) is 0 Å². The number of carbonyl (C=O) groups excluding carboxylic acids is 1. The minimum Gasteiger partial charge on any atom is -0.481 e. The average Bonchev–Trinajstić information content (AvgIpc) is 2.59. The number of ether oxygens (including phenoxy) is 1. The van der Waals surface area contributed by atoms with Gasteiger partial charge in [0, 0.05) is 25.7 Å². The first-order chi connectivity index (χ1) is 8.26. The second-order valence-corrected chi connectivity index (χ2v) is 5.58. The topological polar surface area (TPSA) is 78.9 Å². The molecule has 1 aliphatic heterocycles. The molecule has 0 bridgehead atoms. The summed E-state index contributed by atoms with van der Waals surface area (Å²) < 4.78 is 5.17. The van der Waals surface area contributed by atoms with Crippen LogP contribution < -0.4 is 5.32 Å². The first kappa shape index (κ1) is 14.8. The number of likely N-dealkylation sites (tertiary alicyclic amines) is 1. The van der Waals surface area contributed by atoms with Crippen LogP contribution >= 0.6 is 0 Å². The molecule has 1 fully saturated rings. The van der Waals surface area contributed by atoms with E-state index in [4.69, 9.17) is 9.84 Å². The van der Waals surface area contributed by atoms with E-state index in [9.17, 15) is 9.59 Å². The summed E-state index contributed by atoms with van der Waals surface area (Å²) in [6.45, 7) is 7.49. The number of hydrogen-bond acceptors (Lipinski definition) is 4. The molecule has 6 heteroatoms. The third-order valence-corrected chi connectivity index (χ3v) is 2.64. The number of alkyl carbamates (subject to hydrolysis) is 1. The predicted octanol–water partition coefficient (Wildman–Crippen LogP) is 1.06. The van der Waals surface area contributed by atoms with Gasteiger partial charge in [-0.15, -0.1) is 0 Å². The van der Waals surface area contributed by atoms with Crippen molar-refractivity contribution in [2.75, 3.05) is 19.6 Å².